The topological polar surface area (TPSA) is 17.1 Å². The summed E-state index contributed by atoms with van der Waals surface area (Å²) in [5.41, 5.74) is 2.84. The minimum absolute atomic E-state index is 0.304. The maximum atomic E-state index is 12.0. The van der Waals surface area contributed by atoms with Crippen molar-refractivity contribution in [1.82, 2.24) is 0 Å². The SMILES string of the molecule is C[C@@H]1CCC[C@@]2(C)CC[C@]34CC(=O)C=C3CC[C@]124. The van der Waals surface area contributed by atoms with Gasteiger partial charge in [0.05, 0.1) is 0 Å². The van der Waals surface area contributed by atoms with Gasteiger partial charge >= 0.3 is 0 Å². The summed E-state index contributed by atoms with van der Waals surface area (Å²) in [7, 11) is 0. The normalized spacial score (nSPS) is 54.0. The zero-order chi connectivity index (χ0) is 12.6. The molecule has 0 unspecified atom stereocenters. The Morgan fingerprint density at radius 3 is 2.89 bits per heavy atom. The lowest BCUT2D eigenvalue weighted by Crippen LogP contribution is -2.50. The summed E-state index contributed by atoms with van der Waals surface area (Å²) in [4.78, 5) is 12.0. The first-order chi connectivity index (χ1) is 8.54. The fourth-order valence-electron chi connectivity index (χ4n) is 6.89. The highest BCUT2D eigenvalue weighted by atomic mass is 16.1. The maximum Gasteiger partial charge on any atom is 0.156 e. The van der Waals surface area contributed by atoms with Gasteiger partial charge in [-0.05, 0) is 54.9 Å². The van der Waals surface area contributed by atoms with Crippen molar-refractivity contribution in [3.8, 4) is 0 Å². The van der Waals surface area contributed by atoms with Gasteiger partial charge in [0.15, 0.2) is 5.78 Å². The predicted molar refractivity (Wildman–Crippen MR) is 72.2 cm³/mol. The Balaban J connectivity index is 1.93. The third-order valence-electron chi connectivity index (χ3n) is 7.46. The second-order valence-electron chi connectivity index (χ2n) is 7.72. The second kappa shape index (κ2) is 3.11. The van der Waals surface area contributed by atoms with Crippen molar-refractivity contribution in [3.63, 3.8) is 0 Å². The third kappa shape index (κ3) is 0.938. The summed E-state index contributed by atoms with van der Waals surface area (Å²) >= 11 is 0. The molecule has 0 heterocycles. The molecule has 98 valence electrons. The van der Waals surface area contributed by atoms with Crippen LogP contribution in [0.25, 0.3) is 0 Å². The highest BCUT2D eigenvalue weighted by Crippen LogP contribution is 2.80. The van der Waals surface area contributed by atoms with E-state index in [0.717, 1.165) is 12.3 Å². The van der Waals surface area contributed by atoms with Crippen molar-refractivity contribution in [2.24, 2.45) is 22.2 Å². The molecular weight excluding hydrogens is 220 g/mol. The van der Waals surface area contributed by atoms with Crippen molar-refractivity contribution >= 4 is 5.78 Å². The lowest BCUT2D eigenvalue weighted by molar-refractivity contribution is -0.119. The van der Waals surface area contributed by atoms with E-state index in [2.05, 4.69) is 13.8 Å². The van der Waals surface area contributed by atoms with Crippen LogP contribution in [0, 0.1) is 22.2 Å². The molecule has 0 radical (unpaired) electrons. The summed E-state index contributed by atoms with van der Waals surface area (Å²) in [5, 5.41) is 0. The van der Waals surface area contributed by atoms with E-state index >= 15 is 0 Å². The van der Waals surface area contributed by atoms with E-state index in [9.17, 15) is 4.79 Å². The van der Waals surface area contributed by atoms with Gasteiger partial charge in [0.2, 0.25) is 0 Å². The largest absolute Gasteiger partial charge is 0.295 e. The van der Waals surface area contributed by atoms with Gasteiger partial charge in [0, 0.05) is 11.8 Å². The van der Waals surface area contributed by atoms with Crippen LogP contribution in [0.4, 0.5) is 0 Å². The molecule has 4 aliphatic rings. The van der Waals surface area contributed by atoms with E-state index in [0.29, 0.717) is 22.0 Å². The number of ketones is 1. The number of allylic oxidation sites excluding steroid dienone is 2. The lowest BCUT2D eigenvalue weighted by Gasteiger charge is -2.56. The minimum atomic E-state index is 0.304. The summed E-state index contributed by atoms with van der Waals surface area (Å²) < 4.78 is 0. The molecule has 3 fully saturated rings. The number of hydrogen-bond donors (Lipinski definition) is 0. The van der Waals surface area contributed by atoms with Crippen LogP contribution in [0.2, 0.25) is 0 Å². The van der Waals surface area contributed by atoms with Crippen LogP contribution in [0.3, 0.4) is 0 Å². The zero-order valence-electron chi connectivity index (χ0n) is 11.7. The van der Waals surface area contributed by atoms with Crippen LogP contribution in [-0.2, 0) is 4.79 Å². The van der Waals surface area contributed by atoms with Crippen molar-refractivity contribution in [2.75, 3.05) is 0 Å². The Morgan fingerprint density at radius 1 is 1.22 bits per heavy atom. The number of carbonyl (C=O) groups excluding carboxylic acids is 1. The molecule has 0 amide bonds. The van der Waals surface area contributed by atoms with E-state index < -0.39 is 0 Å². The Morgan fingerprint density at radius 2 is 2.06 bits per heavy atom. The Bertz CT molecular complexity index is 462. The highest BCUT2D eigenvalue weighted by Gasteiger charge is 2.72. The first-order valence-electron chi connectivity index (χ1n) is 7.78. The van der Waals surface area contributed by atoms with E-state index in [4.69, 9.17) is 0 Å². The molecule has 0 aromatic carbocycles. The van der Waals surface area contributed by atoms with Crippen molar-refractivity contribution < 1.29 is 4.79 Å². The van der Waals surface area contributed by atoms with Gasteiger partial charge in [-0.3, -0.25) is 4.79 Å². The Labute approximate surface area is 110 Å². The Kier molecular flexibility index (Phi) is 1.94. The smallest absolute Gasteiger partial charge is 0.156 e. The number of carbonyl (C=O) groups is 1. The van der Waals surface area contributed by atoms with E-state index in [1.807, 2.05) is 6.08 Å². The average Bonchev–Trinajstić information content (AvgIpc) is 2.85. The van der Waals surface area contributed by atoms with Crippen molar-refractivity contribution in [2.45, 2.75) is 65.2 Å². The number of rotatable bonds is 0. The van der Waals surface area contributed by atoms with Crippen LogP contribution in [0.5, 0.6) is 0 Å². The van der Waals surface area contributed by atoms with Crippen LogP contribution >= 0.6 is 0 Å². The fourth-order valence-corrected chi connectivity index (χ4v) is 6.89. The van der Waals surface area contributed by atoms with Gasteiger partial charge in [-0.15, -0.1) is 0 Å². The molecule has 0 bridgehead atoms. The first kappa shape index (κ1) is 11.3. The van der Waals surface area contributed by atoms with E-state index in [-0.39, 0.29) is 0 Å². The van der Waals surface area contributed by atoms with Crippen LogP contribution < -0.4 is 0 Å². The zero-order valence-corrected chi connectivity index (χ0v) is 11.7. The van der Waals surface area contributed by atoms with Gasteiger partial charge in [-0.25, -0.2) is 0 Å². The molecule has 0 saturated heterocycles. The molecule has 4 aliphatic carbocycles. The summed E-state index contributed by atoms with van der Waals surface area (Å²) in [6, 6.07) is 0. The molecular formula is C17H24O. The molecule has 1 heteroatoms. The standard InChI is InChI=1S/C17H24O/c1-12-4-3-6-15(2)8-9-16-11-14(18)10-13(16)5-7-17(12,15)16/h10,12H,3-9,11H2,1-2H3/t12-,15+,16+,17+/m1/s1. The van der Waals surface area contributed by atoms with Crippen LogP contribution in [0.15, 0.2) is 11.6 Å². The first-order valence-corrected chi connectivity index (χ1v) is 7.78. The van der Waals surface area contributed by atoms with Gasteiger partial charge in [0.25, 0.3) is 0 Å². The minimum Gasteiger partial charge on any atom is -0.295 e. The summed E-state index contributed by atoms with van der Waals surface area (Å²) in [5.74, 6) is 1.24. The van der Waals surface area contributed by atoms with E-state index in [1.54, 1.807) is 5.57 Å². The maximum absolute atomic E-state index is 12.0. The molecule has 0 aliphatic heterocycles. The average molecular weight is 244 g/mol. The van der Waals surface area contributed by atoms with Gasteiger partial charge in [-0.2, -0.15) is 0 Å². The third-order valence-corrected chi connectivity index (χ3v) is 7.46. The second-order valence-corrected chi connectivity index (χ2v) is 7.72. The van der Waals surface area contributed by atoms with Gasteiger partial charge in [-0.1, -0.05) is 32.3 Å². The van der Waals surface area contributed by atoms with Gasteiger partial charge in [0.1, 0.15) is 0 Å². The molecule has 0 aromatic heterocycles. The molecule has 18 heavy (non-hydrogen) atoms. The van der Waals surface area contributed by atoms with Crippen LogP contribution in [0.1, 0.15) is 65.2 Å². The molecule has 3 saturated carbocycles. The fraction of sp³-hybridized carbons (Fsp3) is 0.824. The highest BCUT2D eigenvalue weighted by molar-refractivity contribution is 5.95. The summed E-state index contributed by atoms with van der Waals surface area (Å²) in [6.07, 6.45) is 12.3. The lowest BCUT2D eigenvalue weighted by atomic mass is 9.48. The van der Waals surface area contributed by atoms with Gasteiger partial charge < -0.3 is 0 Å². The monoisotopic (exact) mass is 244 g/mol. The molecule has 1 nitrogen and oxygen atoms in total. The van der Waals surface area contributed by atoms with Crippen LogP contribution in [-0.4, -0.2) is 5.78 Å². The quantitative estimate of drug-likeness (QED) is 0.622. The summed E-state index contributed by atoms with van der Waals surface area (Å²) in [6.45, 7) is 5.03. The van der Waals surface area contributed by atoms with Crippen molar-refractivity contribution in [3.05, 3.63) is 11.6 Å². The Hall–Kier alpha value is -0.590. The molecule has 0 N–H and O–H groups in total. The molecule has 0 aromatic rings. The number of hydrogen-bond acceptors (Lipinski definition) is 1. The molecule has 4 atom stereocenters. The van der Waals surface area contributed by atoms with E-state index in [1.165, 1.54) is 44.9 Å². The predicted octanol–water partition coefficient (Wildman–Crippen LogP) is 4.27. The molecule has 4 rings (SSSR count). The van der Waals surface area contributed by atoms with Crippen molar-refractivity contribution in [1.29, 1.82) is 0 Å². The molecule has 2 spiro atoms.